The molecule has 1 aromatic carbocycles. The third-order valence-electron chi connectivity index (χ3n) is 2.52. The van der Waals surface area contributed by atoms with Gasteiger partial charge >= 0.3 is 0 Å². The first kappa shape index (κ1) is 6.51. The second-order valence-electron chi connectivity index (χ2n) is 3.77. The Kier molecular flexibility index (Phi) is 2.36. The molecule has 1 N–H and O–H groups in total. The fraction of sp³-hybridized carbons (Fsp3) is 0.400. The first-order valence-electron chi connectivity index (χ1n) is 11.0. The van der Waals surface area contributed by atoms with Gasteiger partial charge in [-0.05, 0) is 24.1 Å². The van der Waals surface area contributed by atoms with Crippen LogP contribution in [-0.2, 0) is 19.5 Å². The van der Waals surface area contributed by atoms with Crippen molar-refractivity contribution in [1.82, 2.24) is 9.55 Å². The van der Waals surface area contributed by atoms with Crippen molar-refractivity contribution in [2.24, 2.45) is 0 Å². The van der Waals surface area contributed by atoms with Crippen LogP contribution in [0.3, 0.4) is 0 Å². The highest BCUT2D eigenvalue weighted by Gasteiger charge is 2.15. The van der Waals surface area contributed by atoms with Crippen molar-refractivity contribution in [3.8, 4) is 0 Å². The van der Waals surface area contributed by atoms with Crippen LogP contribution in [0.4, 0.5) is 0 Å². The molecule has 20 heavy (non-hydrogen) atoms. The lowest BCUT2D eigenvalue weighted by Gasteiger charge is -2.11. The van der Waals surface area contributed by atoms with E-state index in [-0.39, 0.29) is 6.54 Å². The molecule has 5 heteroatoms. The zero-order chi connectivity index (χ0) is 24.2. The van der Waals surface area contributed by atoms with Gasteiger partial charge in [0.15, 0.2) is 5.15 Å². The van der Waals surface area contributed by atoms with Crippen LogP contribution >= 0.6 is 27.5 Å². The molecule has 0 radical (unpaired) electrons. The third kappa shape index (κ3) is 3.62. The monoisotopic (exact) mass is 367 g/mol. The number of imidazole rings is 1. The molecule has 0 amide bonds. The van der Waals surface area contributed by atoms with E-state index in [1.54, 1.807) is 24.3 Å². The van der Waals surface area contributed by atoms with Crippen molar-refractivity contribution in [2.45, 2.75) is 39.1 Å². The molecule has 0 aliphatic rings. The molecule has 3 nitrogen and oxygen atoms in total. The van der Waals surface area contributed by atoms with Crippen molar-refractivity contribution in [3.63, 3.8) is 0 Å². The van der Waals surface area contributed by atoms with Crippen LogP contribution in [-0.4, -0.2) is 14.7 Å². The molecule has 2 aromatic rings. The number of aromatic nitrogens is 2. The molecule has 1 aromatic heterocycles. The van der Waals surface area contributed by atoms with E-state index in [1.807, 2.05) is 0 Å². The minimum absolute atomic E-state index is 0.315. The van der Waals surface area contributed by atoms with Gasteiger partial charge in [-0.1, -0.05) is 52.9 Å². The number of rotatable bonds is 6. The molecule has 0 spiro atoms. The van der Waals surface area contributed by atoms with E-state index in [0.29, 0.717) is 5.56 Å². The Morgan fingerprint density at radius 1 is 1.45 bits per heavy atom. The summed E-state index contributed by atoms with van der Waals surface area (Å²) >= 11 is 9.20. The summed E-state index contributed by atoms with van der Waals surface area (Å²) in [4.78, 5) is 3.68. The van der Waals surface area contributed by atoms with Gasteiger partial charge in [-0.2, -0.15) is 0 Å². The van der Waals surface area contributed by atoms with E-state index in [1.165, 1.54) is 0 Å². The molecule has 0 fully saturated rings. The van der Waals surface area contributed by atoms with E-state index >= 15 is 0 Å². The Morgan fingerprint density at radius 2 is 2.20 bits per heavy atom. The molecule has 0 saturated heterocycles. The van der Waals surface area contributed by atoms with Gasteiger partial charge in [0, 0.05) is 29.7 Å². The first-order valence-corrected chi connectivity index (χ1v) is 6.66. The molecule has 108 valence electrons. The third-order valence-corrected chi connectivity index (χ3v) is 3.31. The van der Waals surface area contributed by atoms with Crippen LogP contribution < -0.4 is 0 Å². The Hall–Kier alpha value is -0.840. The predicted octanol–water partition coefficient (Wildman–Crippen LogP) is 4.18. The fourth-order valence-electron chi connectivity index (χ4n) is 1.64. The summed E-state index contributed by atoms with van der Waals surface area (Å²) in [6.45, 7) is -6.95. The maximum atomic E-state index is 9.94. The summed E-state index contributed by atoms with van der Waals surface area (Å²) in [5.74, 6) is -0.869. The van der Waals surface area contributed by atoms with E-state index in [4.69, 9.17) is 26.7 Å². The number of hydrogen-bond donors (Lipinski definition) is 1. The normalized spacial score (nSPS) is 22.6. The second-order valence-corrected chi connectivity index (χ2v) is 5.05. The largest absolute Gasteiger partial charge is 0.390 e. The summed E-state index contributed by atoms with van der Waals surface area (Å²) in [5, 5.41) is 9.27. The highest BCUT2D eigenvalue weighted by Crippen LogP contribution is 2.21. The van der Waals surface area contributed by atoms with Crippen molar-refractivity contribution in [3.05, 3.63) is 51.0 Å². The summed E-state index contributed by atoms with van der Waals surface area (Å²) in [7, 11) is 0. The van der Waals surface area contributed by atoms with Crippen LogP contribution in [0.25, 0.3) is 0 Å². The van der Waals surface area contributed by atoms with Crippen LogP contribution in [0, 0.1) is 0 Å². The van der Waals surface area contributed by atoms with Gasteiger partial charge in [-0.25, -0.2) is 4.98 Å². The second kappa shape index (κ2) is 7.25. The number of benzene rings is 1. The summed E-state index contributed by atoms with van der Waals surface area (Å²) in [5.41, 5.74) is -0.208. The van der Waals surface area contributed by atoms with Gasteiger partial charge in [0.1, 0.15) is 5.82 Å². The lowest BCUT2D eigenvalue weighted by molar-refractivity contribution is 0.271. The Bertz CT molecular complexity index is 952. The van der Waals surface area contributed by atoms with Crippen molar-refractivity contribution in [1.29, 1.82) is 0 Å². The van der Waals surface area contributed by atoms with E-state index in [2.05, 4.69) is 20.9 Å². The van der Waals surface area contributed by atoms with Crippen LogP contribution in [0.1, 0.15) is 51.8 Å². The highest BCUT2D eigenvalue weighted by molar-refractivity contribution is 9.10. The molecular weight excluding hydrogens is 340 g/mol. The Balaban J connectivity index is 2.76. The smallest absolute Gasteiger partial charge is 0.152 e. The van der Waals surface area contributed by atoms with Gasteiger partial charge in [0.2, 0.25) is 0 Å². The molecule has 0 saturated carbocycles. The van der Waals surface area contributed by atoms with Crippen molar-refractivity contribution >= 4 is 27.5 Å². The maximum absolute atomic E-state index is 9.94. The molecular formula is C15H18BrClN2O. The molecule has 0 aliphatic heterocycles. The quantitative estimate of drug-likeness (QED) is 0.830. The van der Waals surface area contributed by atoms with Crippen molar-refractivity contribution in [2.75, 3.05) is 0 Å². The Morgan fingerprint density at radius 3 is 2.85 bits per heavy atom. The molecule has 1 heterocycles. The topological polar surface area (TPSA) is 38.1 Å². The highest BCUT2D eigenvalue weighted by atomic mass is 79.9. The maximum Gasteiger partial charge on any atom is 0.152 e. The van der Waals surface area contributed by atoms with E-state index in [9.17, 15) is 5.11 Å². The Labute approximate surface area is 148 Å². The minimum atomic E-state index is -3.66. The number of aryl methyl sites for hydroxylation is 1. The summed E-state index contributed by atoms with van der Waals surface area (Å²) in [6.07, 6.45) is -10.7. The summed E-state index contributed by atoms with van der Waals surface area (Å²) in [6, 6.07) is 6.46. The van der Waals surface area contributed by atoms with Gasteiger partial charge in [0.05, 0.1) is 15.0 Å². The average molecular weight is 369 g/mol. The number of nitrogens with zero attached hydrogens (tertiary/aromatic N) is 2. The molecule has 0 aliphatic carbocycles. The standard InChI is InChI=1S/C15H18BrClN2O/c1-2-3-4-14-18-15(17)13(10-20)19(14)9-11-5-7-12(16)8-6-11/h5-8,20H,2-4,9-10H2,1H3/i1D3,2D2,3D2,4D2,10D2. The number of halogens is 2. The number of aliphatic hydroxyl groups is 1. The molecule has 0 bridgehead atoms. The zero-order valence-corrected chi connectivity index (χ0v) is 12.5. The van der Waals surface area contributed by atoms with E-state index in [0.717, 1.165) is 9.04 Å². The lowest BCUT2D eigenvalue weighted by atomic mass is 10.2. The summed E-state index contributed by atoms with van der Waals surface area (Å²) < 4.78 is 87.1. The fourth-order valence-corrected chi connectivity index (χ4v) is 2.13. The minimum Gasteiger partial charge on any atom is -0.390 e. The van der Waals surface area contributed by atoms with Crippen molar-refractivity contribution < 1.29 is 20.2 Å². The average Bonchev–Trinajstić information content (AvgIpc) is 2.92. The van der Waals surface area contributed by atoms with Gasteiger partial charge in [-0.15, -0.1) is 0 Å². The van der Waals surface area contributed by atoms with Crippen LogP contribution in [0.15, 0.2) is 28.7 Å². The molecule has 0 atom stereocenters. The SMILES string of the molecule is [2H]C([2H])(O)c1c(Cl)nc(C([2H])([2H])C([2H])([2H])C([2H])([2H])C([2H])([2H])[2H])n1Cc1ccc(Br)cc1. The lowest BCUT2D eigenvalue weighted by Crippen LogP contribution is -2.09. The molecule has 2 rings (SSSR count). The predicted molar refractivity (Wildman–Crippen MR) is 85.0 cm³/mol. The first-order chi connectivity index (χ1) is 13.7. The van der Waals surface area contributed by atoms with Gasteiger partial charge in [0.25, 0.3) is 0 Å². The van der Waals surface area contributed by atoms with E-state index < -0.39 is 49.2 Å². The van der Waals surface area contributed by atoms with Gasteiger partial charge in [-0.3, -0.25) is 0 Å². The molecule has 0 unspecified atom stereocenters. The van der Waals surface area contributed by atoms with Crippen LogP contribution in [0.2, 0.25) is 5.15 Å². The number of hydrogen-bond acceptors (Lipinski definition) is 2. The zero-order valence-electron chi connectivity index (χ0n) is 21.1. The van der Waals surface area contributed by atoms with Gasteiger partial charge < -0.3 is 9.67 Å². The van der Waals surface area contributed by atoms with Crippen LogP contribution in [0.5, 0.6) is 0 Å².